The molecule has 0 bridgehead atoms. The molecule has 0 fully saturated rings. The van der Waals surface area contributed by atoms with Gasteiger partial charge in [-0.3, -0.25) is 4.79 Å². The zero-order valence-corrected chi connectivity index (χ0v) is 7.95. The second-order valence-corrected chi connectivity index (χ2v) is 3.37. The lowest BCUT2D eigenvalue weighted by Gasteiger charge is -2.00. The highest BCUT2D eigenvalue weighted by molar-refractivity contribution is 8.13. The molecule has 1 rings (SSSR count). The van der Waals surface area contributed by atoms with Gasteiger partial charge in [-0.15, -0.1) is 0 Å². The Kier molecular flexibility index (Phi) is 3.00. The van der Waals surface area contributed by atoms with Gasteiger partial charge in [0.1, 0.15) is 5.75 Å². The number of carbonyl (C=O) groups is 1. The number of aromatic hydroxyl groups is 1. The summed E-state index contributed by atoms with van der Waals surface area (Å²) in [4.78, 5) is 11.1. The van der Waals surface area contributed by atoms with Crippen molar-refractivity contribution in [2.45, 2.75) is 0 Å². The van der Waals surface area contributed by atoms with E-state index >= 15 is 0 Å². The highest BCUT2D eigenvalue weighted by Gasteiger charge is 2.09. The van der Waals surface area contributed by atoms with Crippen LogP contribution in [-0.2, 0) is 0 Å². The fourth-order valence-electron chi connectivity index (χ4n) is 0.782. The maximum absolute atomic E-state index is 11.1. The number of halogens is 1. The Hall–Kier alpha value is -0.670. The number of carbonyl (C=O) groups excluding carboxylic acids is 1. The largest absolute Gasteiger partial charge is 0.507 e. The van der Waals surface area contributed by atoms with E-state index in [0.717, 1.165) is 11.8 Å². The Morgan fingerprint density at radius 1 is 1.58 bits per heavy atom. The number of benzene rings is 1. The third-order valence-electron chi connectivity index (χ3n) is 1.36. The Morgan fingerprint density at radius 2 is 2.25 bits per heavy atom. The minimum atomic E-state index is -0.185. The number of hydrogen-bond acceptors (Lipinski definition) is 3. The molecule has 0 aliphatic rings. The first-order valence-corrected chi connectivity index (χ1v) is 4.82. The van der Waals surface area contributed by atoms with Crippen molar-refractivity contribution in [3.05, 3.63) is 28.8 Å². The van der Waals surface area contributed by atoms with Crippen LogP contribution in [0.25, 0.3) is 0 Å². The van der Waals surface area contributed by atoms with Gasteiger partial charge in [0.05, 0.1) is 5.56 Å². The molecule has 0 aromatic heterocycles. The topological polar surface area (TPSA) is 37.3 Å². The van der Waals surface area contributed by atoms with Crippen molar-refractivity contribution in [3.63, 3.8) is 0 Å². The van der Waals surface area contributed by atoms with E-state index < -0.39 is 0 Å². The summed E-state index contributed by atoms with van der Waals surface area (Å²) in [5.74, 6) is -0.0289. The standard InChI is InChI=1S/C8H7ClO2S/c1-12-8(11)6-4-5(9)2-3-7(6)10/h2-4,10H,1H3. The van der Waals surface area contributed by atoms with Gasteiger partial charge in [0.2, 0.25) is 5.12 Å². The van der Waals surface area contributed by atoms with Crippen LogP contribution in [0, 0.1) is 0 Å². The quantitative estimate of drug-likeness (QED) is 0.761. The molecule has 0 aliphatic carbocycles. The molecule has 0 unspecified atom stereocenters. The van der Waals surface area contributed by atoms with Crippen LogP contribution in [0.3, 0.4) is 0 Å². The molecule has 0 amide bonds. The lowest BCUT2D eigenvalue weighted by atomic mass is 10.2. The van der Waals surface area contributed by atoms with E-state index in [9.17, 15) is 9.90 Å². The lowest BCUT2D eigenvalue weighted by Crippen LogP contribution is -1.92. The van der Waals surface area contributed by atoms with Crippen molar-refractivity contribution in [1.29, 1.82) is 0 Å². The van der Waals surface area contributed by atoms with Crippen LogP contribution in [0.5, 0.6) is 5.75 Å². The normalized spacial score (nSPS) is 9.83. The Balaban J connectivity index is 3.13. The van der Waals surface area contributed by atoms with Crippen molar-refractivity contribution >= 4 is 28.5 Å². The second-order valence-electron chi connectivity index (χ2n) is 2.15. The predicted octanol–water partition coefficient (Wildman–Crippen LogP) is 2.55. The zero-order chi connectivity index (χ0) is 9.14. The first-order valence-electron chi connectivity index (χ1n) is 3.22. The average Bonchev–Trinajstić information content (AvgIpc) is 2.08. The van der Waals surface area contributed by atoms with Gasteiger partial charge in [0.15, 0.2) is 0 Å². The van der Waals surface area contributed by atoms with Gasteiger partial charge < -0.3 is 5.11 Å². The van der Waals surface area contributed by atoms with Gasteiger partial charge in [-0.2, -0.15) is 0 Å². The molecule has 2 nitrogen and oxygen atoms in total. The van der Waals surface area contributed by atoms with E-state index in [2.05, 4.69) is 0 Å². The van der Waals surface area contributed by atoms with Crippen LogP contribution in [0.15, 0.2) is 18.2 Å². The summed E-state index contributed by atoms with van der Waals surface area (Å²) in [5.41, 5.74) is 0.259. The van der Waals surface area contributed by atoms with Gasteiger partial charge in [-0.25, -0.2) is 0 Å². The predicted molar refractivity (Wildman–Crippen MR) is 51.0 cm³/mol. The first kappa shape index (κ1) is 9.42. The van der Waals surface area contributed by atoms with E-state index in [1.165, 1.54) is 18.2 Å². The minimum Gasteiger partial charge on any atom is -0.507 e. The van der Waals surface area contributed by atoms with Crippen molar-refractivity contribution in [1.82, 2.24) is 0 Å². The molecule has 0 heterocycles. The number of rotatable bonds is 1. The highest BCUT2D eigenvalue weighted by Crippen LogP contribution is 2.24. The third-order valence-corrected chi connectivity index (χ3v) is 2.19. The summed E-state index contributed by atoms with van der Waals surface area (Å²) < 4.78 is 0. The fraction of sp³-hybridized carbons (Fsp3) is 0.125. The number of hydrogen-bond donors (Lipinski definition) is 1. The van der Waals surface area contributed by atoms with Crippen LogP contribution in [0.4, 0.5) is 0 Å². The number of phenolic OH excluding ortho intramolecular Hbond substituents is 1. The molecular weight excluding hydrogens is 196 g/mol. The van der Waals surface area contributed by atoms with E-state index in [4.69, 9.17) is 11.6 Å². The monoisotopic (exact) mass is 202 g/mol. The second kappa shape index (κ2) is 3.83. The maximum atomic E-state index is 11.1. The lowest BCUT2D eigenvalue weighted by molar-refractivity contribution is 0.108. The number of thioether (sulfide) groups is 1. The van der Waals surface area contributed by atoms with Gasteiger partial charge >= 0.3 is 0 Å². The molecule has 0 saturated heterocycles. The van der Waals surface area contributed by atoms with Crippen LogP contribution in [0.1, 0.15) is 10.4 Å². The minimum absolute atomic E-state index is 0.0289. The molecule has 0 saturated carbocycles. The zero-order valence-electron chi connectivity index (χ0n) is 6.37. The number of phenols is 1. The van der Waals surface area contributed by atoms with E-state index in [0.29, 0.717) is 5.02 Å². The molecule has 1 aromatic carbocycles. The summed E-state index contributed by atoms with van der Waals surface area (Å²) in [6.07, 6.45) is 1.66. The van der Waals surface area contributed by atoms with E-state index in [-0.39, 0.29) is 16.4 Å². The third kappa shape index (κ3) is 1.93. The maximum Gasteiger partial charge on any atom is 0.222 e. The molecular formula is C8H7ClO2S. The Labute approximate surface area is 79.5 Å². The SMILES string of the molecule is CSC(=O)c1cc(Cl)ccc1O. The summed E-state index contributed by atoms with van der Waals surface area (Å²) in [6.45, 7) is 0. The Bertz CT molecular complexity index is 312. The van der Waals surface area contributed by atoms with Crippen molar-refractivity contribution in [2.75, 3.05) is 6.26 Å². The van der Waals surface area contributed by atoms with E-state index in [1.54, 1.807) is 6.26 Å². The summed E-state index contributed by atoms with van der Waals surface area (Å²) in [5, 5.41) is 9.51. The van der Waals surface area contributed by atoms with Gasteiger partial charge in [0, 0.05) is 5.02 Å². The highest BCUT2D eigenvalue weighted by atomic mass is 35.5. The molecule has 1 aromatic rings. The first-order chi connectivity index (χ1) is 5.65. The van der Waals surface area contributed by atoms with Crippen LogP contribution < -0.4 is 0 Å². The fourth-order valence-corrected chi connectivity index (χ4v) is 1.34. The molecule has 1 N–H and O–H groups in total. The molecule has 0 atom stereocenters. The molecule has 0 spiro atoms. The summed E-state index contributed by atoms with van der Waals surface area (Å²) in [6, 6.07) is 4.40. The van der Waals surface area contributed by atoms with Gasteiger partial charge in [-0.1, -0.05) is 23.4 Å². The molecule has 0 radical (unpaired) electrons. The Morgan fingerprint density at radius 3 is 2.83 bits per heavy atom. The smallest absolute Gasteiger partial charge is 0.222 e. The van der Waals surface area contributed by atoms with Gasteiger partial charge in [0.25, 0.3) is 0 Å². The van der Waals surface area contributed by atoms with Crippen molar-refractivity contribution in [3.8, 4) is 5.75 Å². The molecule has 64 valence electrons. The summed E-state index contributed by atoms with van der Waals surface area (Å²) >= 11 is 6.69. The van der Waals surface area contributed by atoms with Crippen LogP contribution >= 0.6 is 23.4 Å². The average molecular weight is 203 g/mol. The molecule has 4 heteroatoms. The molecule has 12 heavy (non-hydrogen) atoms. The summed E-state index contributed by atoms with van der Waals surface area (Å²) in [7, 11) is 0. The van der Waals surface area contributed by atoms with E-state index in [1.807, 2.05) is 0 Å². The van der Waals surface area contributed by atoms with Crippen molar-refractivity contribution in [2.24, 2.45) is 0 Å². The van der Waals surface area contributed by atoms with Crippen molar-refractivity contribution < 1.29 is 9.90 Å². The van der Waals surface area contributed by atoms with Gasteiger partial charge in [-0.05, 0) is 24.5 Å². The molecule has 0 aliphatic heterocycles. The van der Waals surface area contributed by atoms with Crippen LogP contribution in [-0.4, -0.2) is 16.5 Å². The van der Waals surface area contributed by atoms with Crippen LogP contribution in [0.2, 0.25) is 5.02 Å².